The van der Waals surface area contributed by atoms with E-state index in [-0.39, 0.29) is 0 Å². The highest BCUT2D eigenvalue weighted by Gasteiger charge is 2.35. The van der Waals surface area contributed by atoms with Gasteiger partial charge in [-0.2, -0.15) is 5.10 Å². The third kappa shape index (κ3) is 2.24. The Morgan fingerprint density at radius 3 is 2.75 bits per heavy atom. The molecule has 0 saturated heterocycles. The van der Waals surface area contributed by atoms with Crippen LogP contribution in [0.1, 0.15) is 26.3 Å². The highest BCUT2D eigenvalue weighted by Crippen LogP contribution is 2.26. The summed E-state index contributed by atoms with van der Waals surface area (Å²) in [5.74, 6) is -0.408. The Kier molecular flexibility index (Phi) is 3.70. The molecule has 0 aliphatic heterocycles. The van der Waals surface area contributed by atoms with E-state index in [1.54, 1.807) is 10.9 Å². The molecule has 5 nitrogen and oxygen atoms in total. The maximum atomic E-state index is 11.4. The molecule has 0 aliphatic rings. The smallest absolute Gasteiger partial charge is 0.323 e. The van der Waals surface area contributed by atoms with E-state index in [0.717, 1.165) is 12.1 Å². The lowest BCUT2D eigenvalue weighted by atomic mass is 9.80. The number of nitrogens with two attached hydrogens (primary N) is 1. The summed E-state index contributed by atoms with van der Waals surface area (Å²) in [7, 11) is 1.34. The van der Waals surface area contributed by atoms with E-state index < -0.39 is 17.4 Å². The topological polar surface area (TPSA) is 70.1 Å². The van der Waals surface area contributed by atoms with Crippen LogP contribution in [0.3, 0.4) is 0 Å². The average molecular weight is 225 g/mol. The number of aromatic nitrogens is 2. The molecule has 1 atom stereocenters. The van der Waals surface area contributed by atoms with Crippen LogP contribution in [0.25, 0.3) is 0 Å². The zero-order chi connectivity index (χ0) is 12.3. The summed E-state index contributed by atoms with van der Waals surface area (Å²) in [4.78, 5) is 11.4. The lowest BCUT2D eigenvalue weighted by Crippen LogP contribution is -2.47. The predicted octanol–water partition coefficient (Wildman–Crippen LogP) is 0.681. The number of ether oxygens (including phenoxy) is 1. The van der Waals surface area contributed by atoms with Crippen molar-refractivity contribution >= 4 is 5.97 Å². The van der Waals surface area contributed by atoms with E-state index in [4.69, 9.17) is 5.73 Å². The molecule has 1 rings (SSSR count). The Labute approximate surface area is 95.6 Å². The van der Waals surface area contributed by atoms with Crippen LogP contribution in [0.5, 0.6) is 0 Å². The zero-order valence-corrected chi connectivity index (χ0v) is 10.2. The number of methoxy groups -OCH3 is 1. The quantitative estimate of drug-likeness (QED) is 0.765. The van der Waals surface area contributed by atoms with Gasteiger partial charge < -0.3 is 10.5 Å². The minimum Gasteiger partial charge on any atom is -0.468 e. The Balaban J connectivity index is 2.95. The predicted molar refractivity (Wildman–Crippen MR) is 60.9 cm³/mol. The average Bonchev–Trinajstić information content (AvgIpc) is 2.75. The fourth-order valence-corrected chi connectivity index (χ4v) is 1.47. The van der Waals surface area contributed by atoms with Gasteiger partial charge in [-0.15, -0.1) is 0 Å². The summed E-state index contributed by atoms with van der Waals surface area (Å²) >= 11 is 0. The van der Waals surface area contributed by atoms with Gasteiger partial charge in [0.1, 0.15) is 6.04 Å². The number of carbonyl (C=O) groups excluding carboxylic acids is 1. The SMILES string of the molecule is CCn1cc(C(C)(C)C(N)C(=O)OC)cn1. The van der Waals surface area contributed by atoms with Crippen molar-refractivity contribution in [3.8, 4) is 0 Å². The van der Waals surface area contributed by atoms with E-state index in [1.165, 1.54) is 7.11 Å². The first-order chi connectivity index (χ1) is 7.43. The number of hydrogen-bond donors (Lipinski definition) is 1. The monoisotopic (exact) mass is 225 g/mol. The van der Waals surface area contributed by atoms with Gasteiger partial charge >= 0.3 is 5.97 Å². The van der Waals surface area contributed by atoms with Gasteiger partial charge in [-0.05, 0) is 12.5 Å². The van der Waals surface area contributed by atoms with Crippen molar-refractivity contribution in [3.63, 3.8) is 0 Å². The first-order valence-electron chi connectivity index (χ1n) is 5.29. The molecule has 0 fully saturated rings. The molecule has 90 valence electrons. The maximum absolute atomic E-state index is 11.4. The molecule has 1 aromatic heterocycles. The van der Waals surface area contributed by atoms with Crippen LogP contribution in [0.15, 0.2) is 12.4 Å². The van der Waals surface area contributed by atoms with Gasteiger partial charge in [-0.1, -0.05) is 13.8 Å². The molecule has 0 amide bonds. The number of hydrogen-bond acceptors (Lipinski definition) is 4. The fourth-order valence-electron chi connectivity index (χ4n) is 1.47. The molecule has 0 aromatic carbocycles. The summed E-state index contributed by atoms with van der Waals surface area (Å²) in [6.07, 6.45) is 3.65. The summed E-state index contributed by atoms with van der Waals surface area (Å²) in [6, 6.07) is -0.688. The van der Waals surface area contributed by atoms with Gasteiger partial charge in [0.25, 0.3) is 0 Å². The van der Waals surface area contributed by atoms with Crippen molar-refractivity contribution in [2.45, 2.75) is 38.8 Å². The van der Waals surface area contributed by atoms with Crippen LogP contribution >= 0.6 is 0 Å². The molecule has 5 heteroatoms. The highest BCUT2D eigenvalue weighted by molar-refractivity contribution is 5.77. The van der Waals surface area contributed by atoms with Crippen molar-refractivity contribution < 1.29 is 9.53 Å². The highest BCUT2D eigenvalue weighted by atomic mass is 16.5. The third-order valence-electron chi connectivity index (χ3n) is 2.93. The molecule has 1 aromatic rings. The number of nitrogens with zero attached hydrogens (tertiary/aromatic N) is 2. The number of aryl methyl sites for hydroxylation is 1. The van der Waals surface area contributed by atoms with Gasteiger partial charge in [0.05, 0.1) is 13.3 Å². The van der Waals surface area contributed by atoms with Crippen molar-refractivity contribution in [2.75, 3.05) is 7.11 Å². The normalized spacial score (nSPS) is 13.6. The van der Waals surface area contributed by atoms with Gasteiger partial charge in [-0.25, -0.2) is 0 Å². The summed E-state index contributed by atoms with van der Waals surface area (Å²) in [5.41, 5.74) is 6.33. The first-order valence-corrected chi connectivity index (χ1v) is 5.29. The molecule has 0 aliphatic carbocycles. The van der Waals surface area contributed by atoms with E-state index in [0.29, 0.717) is 0 Å². The van der Waals surface area contributed by atoms with Crippen LogP contribution in [0, 0.1) is 0 Å². The molecule has 0 radical (unpaired) electrons. The van der Waals surface area contributed by atoms with Crippen LogP contribution < -0.4 is 5.73 Å². The van der Waals surface area contributed by atoms with E-state index in [2.05, 4.69) is 9.84 Å². The van der Waals surface area contributed by atoms with Gasteiger partial charge in [0.15, 0.2) is 0 Å². The van der Waals surface area contributed by atoms with Crippen LogP contribution in [-0.4, -0.2) is 28.9 Å². The van der Waals surface area contributed by atoms with E-state index in [9.17, 15) is 4.79 Å². The second-order valence-corrected chi connectivity index (χ2v) is 4.31. The Bertz CT molecular complexity index is 371. The van der Waals surface area contributed by atoms with E-state index >= 15 is 0 Å². The Morgan fingerprint density at radius 2 is 2.31 bits per heavy atom. The van der Waals surface area contributed by atoms with E-state index in [1.807, 2.05) is 27.0 Å². The molecule has 2 N–H and O–H groups in total. The second kappa shape index (κ2) is 4.65. The molecule has 0 saturated carbocycles. The van der Waals surface area contributed by atoms with Crippen LogP contribution in [-0.2, 0) is 21.5 Å². The van der Waals surface area contributed by atoms with Gasteiger partial charge in [0, 0.05) is 18.2 Å². The molecule has 0 spiro atoms. The van der Waals surface area contributed by atoms with Crippen molar-refractivity contribution in [3.05, 3.63) is 18.0 Å². The molecular weight excluding hydrogens is 206 g/mol. The molecule has 0 bridgehead atoms. The molecule has 1 unspecified atom stereocenters. The van der Waals surface area contributed by atoms with Crippen molar-refractivity contribution in [1.82, 2.24) is 9.78 Å². The summed E-state index contributed by atoms with van der Waals surface area (Å²) < 4.78 is 6.47. The molecular formula is C11H19N3O2. The lowest BCUT2D eigenvalue weighted by Gasteiger charge is -2.28. The lowest BCUT2D eigenvalue weighted by molar-refractivity contribution is -0.143. The number of rotatable bonds is 4. The van der Waals surface area contributed by atoms with Crippen LogP contribution in [0.2, 0.25) is 0 Å². The van der Waals surface area contributed by atoms with Crippen LogP contribution in [0.4, 0.5) is 0 Å². The zero-order valence-electron chi connectivity index (χ0n) is 10.2. The van der Waals surface area contributed by atoms with Gasteiger partial charge in [0.2, 0.25) is 0 Å². The minimum absolute atomic E-state index is 0.408. The second-order valence-electron chi connectivity index (χ2n) is 4.31. The fraction of sp³-hybridized carbons (Fsp3) is 0.636. The Hall–Kier alpha value is -1.36. The number of carbonyl (C=O) groups is 1. The first kappa shape index (κ1) is 12.7. The maximum Gasteiger partial charge on any atom is 0.323 e. The third-order valence-corrected chi connectivity index (χ3v) is 2.93. The molecule has 16 heavy (non-hydrogen) atoms. The minimum atomic E-state index is -0.688. The summed E-state index contributed by atoms with van der Waals surface area (Å²) in [5, 5.41) is 4.18. The van der Waals surface area contributed by atoms with Crippen molar-refractivity contribution in [2.24, 2.45) is 5.73 Å². The Morgan fingerprint density at radius 1 is 1.69 bits per heavy atom. The number of esters is 1. The summed E-state index contributed by atoms with van der Waals surface area (Å²) in [6.45, 7) is 6.62. The van der Waals surface area contributed by atoms with Gasteiger partial charge in [-0.3, -0.25) is 9.48 Å². The van der Waals surface area contributed by atoms with Crippen molar-refractivity contribution in [1.29, 1.82) is 0 Å². The molecule has 1 heterocycles. The standard InChI is InChI=1S/C11H19N3O2/c1-5-14-7-8(6-13-14)11(2,3)9(12)10(15)16-4/h6-7,9H,5,12H2,1-4H3. The largest absolute Gasteiger partial charge is 0.468 e.